The van der Waals surface area contributed by atoms with Crippen molar-refractivity contribution in [3.63, 3.8) is 0 Å². The van der Waals surface area contributed by atoms with Crippen molar-refractivity contribution in [2.45, 2.75) is 26.6 Å². The highest BCUT2D eigenvalue weighted by atomic mass is 16.5. The number of methoxy groups -OCH3 is 2. The molecule has 2 heterocycles. The highest BCUT2D eigenvalue weighted by Crippen LogP contribution is 2.35. The van der Waals surface area contributed by atoms with Gasteiger partial charge < -0.3 is 29.6 Å². The van der Waals surface area contributed by atoms with Crippen molar-refractivity contribution >= 4 is 11.7 Å². The lowest BCUT2D eigenvalue weighted by Crippen LogP contribution is -2.39. The van der Waals surface area contributed by atoms with Crippen LogP contribution in [0.4, 0.5) is 5.82 Å². The molecule has 0 fully saturated rings. The Hall–Kier alpha value is -3.78. The molecule has 3 aromatic rings. The second kappa shape index (κ2) is 10.4. The van der Waals surface area contributed by atoms with Crippen molar-refractivity contribution in [3.8, 4) is 17.4 Å². The van der Waals surface area contributed by atoms with Crippen molar-refractivity contribution in [1.29, 1.82) is 0 Å². The van der Waals surface area contributed by atoms with E-state index in [1.54, 1.807) is 6.07 Å². The van der Waals surface area contributed by atoms with Gasteiger partial charge in [0, 0.05) is 6.07 Å². The molecule has 2 aromatic carbocycles. The van der Waals surface area contributed by atoms with E-state index in [2.05, 4.69) is 15.6 Å². The minimum atomic E-state index is -0.454. The van der Waals surface area contributed by atoms with Crippen LogP contribution in [0, 0.1) is 13.8 Å². The molecular weight excluding hydrogens is 434 g/mol. The first-order valence-electron chi connectivity index (χ1n) is 11.1. The molecule has 178 valence electrons. The summed E-state index contributed by atoms with van der Waals surface area (Å²) in [6.45, 7) is 5.46. The van der Waals surface area contributed by atoms with Crippen LogP contribution in [-0.4, -0.2) is 38.3 Å². The van der Waals surface area contributed by atoms with Gasteiger partial charge in [0.15, 0.2) is 0 Å². The number of carbonyl (C=O) groups is 1. The van der Waals surface area contributed by atoms with Crippen molar-refractivity contribution in [1.82, 2.24) is 10.3 Å². The van der Waals surface area contributed by atoms with Gasteiger partial charge in [0.1, 0.15) is 35.7 Å². The highest BCUT2D eigenvalue weighted by molar-refractivity contribution is 6.03. The van der Waals surface area contributed by atoms with Gasteiger partial charge in [0.25, 0.3) is 5.91 Å². The molecule has 34 heavy (non-hydrogen) atoms. The Morgan fingerprint density at radius 1 is 0.941 bits per heavy atom. The minimum Gasteiger partial charge on any atom is -0.496 e. The summed E-state index contributed by atoms with van der Waals surface area (Å²) in [5, 5.41) is 6.26. The van der Waals surface area contributed by atoms with Gasteiger partial charge in [-0.1, -0.05) is 30.3 Å². The third-order valence-electron chi connectivity index (χ3n) is 5.57. The first kappa shape index (κ1) is 23.4. The Morgan fingerprint density at radius 2 is 1.68 bits per heavy atom. The fraction of sp³-hybridized carbons (Fsp3) is 0.308. The molecule has 1 aliphatic heterocycles. The molecule has 8 heteroatoms. The third kappa shape index (κ3) is 5.07. The van der Waals surface area contributed by atoms with E-state index in [0.717, 1.165) is 28.0 Å². The van der Waals surface area contributed by atoms with Gasteiger partial charge in [-0.15, -0.1) is 0 Å². The second-order valence-corrected chi connectivity index (χ2v) is 8.01. The Kier molecular flexibility index (Phi) is 7.18. The molecule has 1 atom stereocenters. The number of pyridine rings is 1. The average Bonchev–Trinajstić information content (AvgIpc) is 2.84. The Bertz CT molecular complexity index is 1140. The number of hydrogen-bond acceptors (Lipinski definition) is 7. The maximum absolute atomic E-state index is 12.8. The van der Waals surface area contributed by atoms with E-state index >= 15 is 0 Å². The summed E-state index contributed by atoms with van der Waals surface area (Å²) >= 11 is 0. The number of anilines is 1. The molecule has 0 saturated heterocycles. The molecule has 1 unspecified atom stereocenters. The lowest BCUT2D eigenvalue weighted by molar-refractivity contribution is 0.0884. The Balaban J connectivity index is 1.43. The number of aryl methyl sites for hydroxylation is 2. The number of aromatic nitrogens is 1. The number of nitrogens with zero attached hydrogens (tertiary/aromatic N) is 1. The normalized spacial score (nSPS) is 14.6. The number of carbonyl (C=O) groups excluding carboxylic acids is 1. The lowest BCUT2D eigenvalue weighted by atomic mass is 10.0. The molecule has 2 N–H and O–H groups in total. The number of rotatable bonds is 9. The smallest absolute Gasteiger partial charge is 0.260 e. The lowest BCUT2D eigenvalue weighted by Gasteiger charge is -2.29. The first-order chi connectivity index (χ1) is 16.5. The van der Waals surface area contributed by atoms with Crippen LogP contribution in [0.5, 0.6) is 17.4 Å². The zero-order chi connectivity index (χ0) is 24.1. The molecule has 8 nitrogen and oxygen atoms in total. The fourth-order valence-electron chi connectivity index (χ4n) is 3.98. The van der Waals surface area contributed by atoms with Gasteiger partial charge in [-0.05, 0) is 48.2 Å². The van der Waals surface area contributed by atoms with Gasteiger partial charge in [0.05, 0.1) is 27.4 Å². The van der Waals surface area contributed by atoms with Crippen molar-refractivity contribution in [2.75, 3.05) is 32.8 Å². The Morgan fingerprint density at radius 3 is 2.35 bits per heavy atom. The summed E-state index contributed by atoms with van der Waals surface area (Å²) in [6, 6.07) is 15.6. The zero-order valence-corrected chi connectivity index (χ0v) is 19.8. The zero-order valence-electron chi connectivity index (χ0n) is 19.8. The predicted octanol–water partition coefficient (Wildman–Crippen LogP) is 4.17. The predicted molar refractivity (Wildman–Crippen MR) is 129 cm³/mol. The molecule has 0 spiro atoms. The summed E-state index contributed by atoms with van der Waals surface area (Å²) in [7, 11) is 3.03. The number of fused-ring (bicyclic) bond motifs is 1. The quantitative estimate of drug-likeness (QED) is 0.461. The van der Waals surface area contributed by atoms with Crippen LogP contribution in [0.1, 0.15) is 38.8 Å². The second-order valence-electron chi connectivity index (χ2n) is 8.01. The molecular formula is C26H29N3O5. The molecule has 0 radical (unpaired) electrons. The summed E-state index contributed by atoms with van der Waals surface area (Å²) in [5.74, 6) is 1.72. The standard InChI is InChI=1S/C26H29N3O5/c1-16-12-19(13-17(2)23(16)34-11-10-33-15-18-8-6-5-7-9-18)24-28-25-22(26(30)29-24)20(31-3)14-21(27-25)32-4/h5-9,12-14,24H,10-11,15H2,1-4H3,(H,27,28)(H,29,30). The first-order valence-corrected chi connectivity index (χ1v) is 11.1. The summed E-state index contributed by atoms with van der Waals surface area (Å²) < 4.78 is 22.3. The topological polar surface area (TPSA) is 90.9 Å². The van der Waals surface area contributed by atoms with Crippen LogP contribution >= 0.6 is 0 Å². The number of nitrogens with one attached hydrogen (secondary N) is 2. The largest absolute Gasteiger partial charge is 0.496 e. The minimum absolute atomic E-state index is 0.267. The number of ether oxygens (including phenoxy) is 4. The van der Waals surface area contributed by atoms with E-state index in [0.29, 0.717) is 42.8 Å². The van der Waals surface area contributed by atoms with Crippen LogP contribution in [0.25, 0.3) is 0 Å². The van der Waals surface area contributed by atoms with E-state index in [1.807, 2.05) is 56.3 Å². The van der Waals surface area contributed by atoms with E-state index in [-0.39, 0.29) is 5.91 Å². The maximum atomic E-state index is 12.8. The SMILES string of the molecule is COc1cc(OC)c2c(n1)NC(c1cc(C)c(OCCOCc3ccccc3)c(C)c1)NC2=O. The highest BCUT2D eigenvalue weighted by Gasteiger charge is 2.30. The number of hydrogen-bond donors (Lipinski definition) is 2. The van der Waals surface area contributed by atoms with E-state index in [4.69, 9.17) is 18.9 Å². The van der Waals surface area contributed by atoms with Gasteiger partial charge in [-0.25, -0.2) is 0 Å². The molecule has 0 saturated carbocycles. The van der Waals surface area contributed by atoms with E-state index in [1.165, 1.54) is 14.2 Å². The molecule has 1 amide bonds. The summed E-state index contributed by atoms with van der Waals surface area (Å²) in [5.41, 5.74) is 4.31. The van der Waals surface area contributed by atoms with Crippen LogP contribution in [0.15, 0.2) is 48.5 Å². The fourth-order valence-corrected chi connectivity index (χ4v) is 3.98. The molecule has 1 aliphatic rings. The van der Waals surface area contributed by atoms with Gasteiger partial charge in [-0.3, -0.25) is 4.79 Å². The van der Waals surface area contributed by atoms with Crippen LogP contribution < -0.4 is 24.8 Å². The van der Waals surface area contributed by atoms with E-state index in [9.17, 15) is 4.79 Å². The Labute approximate surface area is 199 Å². The van der Waals surface area contributed by atoms with Crippen LogP contribution in [-0.2, 0) is 11.3 Å². The van der Waals surface area contributed by atoms with Crippen LogP contribution in [0.2, 0.25) is 0 Å². The van der Waals surface area contributed by atoms with Crippen molar-refractivity contribution in [3.05, 3.63) is 76.3 Å². The summed E-state index contributed by atoms with van der Waals surface area (Å²) in [4.78, 5) is 17.2. The third-order valence-corrected chi connectivity index (χ3v) is 5.57. The van der Waals surface area contributed by atoms with Gasteiger partial charge in [-0.2, -0.15) is 4.98 Å². The van der Waals surface area contributed by atoms with E-state index < -0.39 is 6.17 Å². The van der Waals surface area contributed by atoms with Gasteiger partial charge >= 0.3 is 0 Å². The molecule has 0 bridgehead atoms. The number of benzene rings is 2. The maximum Gasteiger partial charge on any atom is 0.260 e. The monoisotopic (exact) mass is 463 g/mol. The average molecular weight is 464 g/mol. The van der Waals surface area contributed by atoms with Crippen LogP contribution in [0.3, 0.4) is 0 Å². The number of amides is 1. The molecule has 4 rings (SSSR count). The van der Waals surface area contributed by atoms with Crippen molar-refractivity contribution in [2.24, 2.45) is 0 Å². The van der Waals surface area contributed by atoms with Gasteiger partial charge in [0.2, 0.25) is 5.88 Å². The van der Waals surface area contributed by atoms with Crippen molar-refractivity contribution < 1.29 is 23.7 Å². The molecule has 1 aromatic heterocycles. The summed E-state index contributed by atoms with van der Waals surface area (Å²) in [6.07, 6.45) is -0.454. The molecule has 0 aliphatic carbocycles.